The van der Waals surface area contributed by atoms with Crippen molar-refractivity contribution in [2.24, 2.45) is 0 Å². The monoisotopic (exact) mass is 227 g/mol. The minimum atomic E-state index is -0.177. The van der Waals surface area contributed by atoms with Crippen molar-refractivity contribution in [3.05, 3.63) is 29.8 Å². The average molecular weight is 227 g/mol. The van der Waals surface area contributed by atoms with Crippen LogP contribution in [0.1, 0.15) is 19.4 Å². The SMILES string of the molecule is Cc1cc2cccc3c2c(c1N)NC(C)(C)N3. The Kier molecular flexibility index (Phi) is 1.85. The third-order valence-electron chi connectivity index (χ3n) is 3.30. The zero-order chi connectivity index (χ0) is 12.2. The highest BCUT2D eigenvalue weighted by molar-refractivity contribution is 6.09. The Hall–Kier alpha value is -1.90. The van der Waals surface area contributed by atoms with Crippen molar-refractivity contribution in [3.63, 3.8) is 0 Å². The Labute approximate surface area is 101 Å². The molecule has 0 atom stereocenters. The quantitative estimate of drug-likeness (QED) is 0.605. The standard InChI is InChI=1S/C14H17N3/c1-8-7-9-5-4-6-10-11(9)13(12(8)15)17-14(2,3)16-10/h4-7,16-17H,15H2,1-3H3. The van der Waals surface area contributed by atoms with Gasteiger partial charge in [-0.1, -0.05) is 12.1 Å². The van der Waals surface area contributed by atoms with Crippen molar-refractivity contribution in [3.8, 4) is 0 Å². The van der Waals surface area contributed by atoms with Crippen LogP contribution in [0.2, 0.25) is 0 Å². The normalized spacial score (nSPS) is 16.4. The maximum atomic E-state index is 6.19. The van der Waals surface area contributed by atoms with Gasteiger partial charge in [0.15, 0.2) is 0 Å². The summed E-state index contributed by atoms with van der Waals surface area (Å²) in [6.07, 6.45) is 0. The number of nitrogens with one attached hydrogen (secondary N) is 2. The average Bonchev–Trinajstić information content (AvgIpc) is 2.24. The van der Waals surface area contributed by atoms with Crippen LogP contribution >= 0.6 is 0 Å². The van der Waals surface area contributed by atoms with Crippen LogP contribution in [-0.2, 0) is 0 Å². The maximum Gasteiger partial charge on any atom is 0.102 e. The number of hydrogen-bond donors (Lipinski definition) is 3. The Morgan fingerprint density at radius 2 is 1.94 bits per heavy atom. The van der Waals surface area contributed by atoms with E-state index in [1.807, 2.05) is 0 Å². The summed E-state index contributed by atoms with van der Waals surface area (Å²) in [7, 11) is 0. The van der Waals surface area contributed by atoms with Crippen LogP contribution in [0.5, 0.6) is 0 Å². The highest BCUT2D eigenvalue weighted by Crippen LogP contribution is 2.42. The molecule has 0 spiro atoms. The Morgan fingerprint density at radius 1 is 1.18 bits per heavy atom. The van der Waals surface area contributed by atoms with Crippen LogP contribution in [0, 0.1) is 6.92 Å². The summed E-state index contributed by atoms with van der Waals surface area (Å²) < 4.78 is 0. The number of benzene rings is 2. The molecule has 2 aromatic carbocycles. The molecule has 0 saturated heterocycles. The van der Waals surface area contributed by atoms with Gasteiger partial charge in [-0.15, -0.1) is 0 Å². The van der Waals surface area contributed by atoms with E-state index in [1.165, 1.54) is 10.8 Å². The summed E-state index contributed by atoms with van der Waals surface area (Å²) in [4.78, 5) is 0. The molecule has 1 aliphatic heterocycles. The Morgan fingerprint density at radius 3 is 2.71 bits per heavy atom. The van der Waals surface area contributed by atoms with Gasteiger partial charge >= 0.3 is 0 Å². The van der Waals surface area contributed by atoms with E-state index in [-0.39, 0.29) is 5.66 Å². The van der Waals surface area contributed by atoms with E-state index in [1.54, 1.807) is 0 Å². The number of rotatable bonds is 0. The van der Waals surface area contributed by atoms with Crippen LogP contribution < -0.4 is 16.4 Å². The lowest BCUT2D eigenvalue weighted by Gasteiger charge is -2.36. The van der Waals surface area contributed by atoms with Crippen molar-refractivity contribution < 1.29 is 0 Å². The van der Waals surface area contributed by atoms with Crippen molar-refractivity contribution >= 4 is 27.8 Å². The Bertz CT molecular complexity index is 614. The largest absolute Gasteiger partial charge is 0.397 e. The fourth-order valence-electron chi connectivity index (χ4n) is 2.53. The lowest BCUT2D eigenvalue weighted by molar-refractivity contribution is 0.649. The summed E-state index contributed by atoms with van der Waals surface area (Å²) >= 11 is 0. The van der Waals surface area contributed by atoms with E-state index in [9.17, 15) is 0 Å². The molecule has 1 aliphatic rings. The smallest absolute Gasteiger partial charge is 0.102 e. The number of aryl methyl sites for hydroxylation is 1. The molecule has 0 fully saturated rings. The summed E-state index contributed by atoms with van der Waals surface area (Å²) in [6, 6.07) is 8.43. The molecule has 3 heteroatoms. The molecule has 0 radical (unpaired) electrons. The van der Waals surface area contributed by atoms with Gasteiger partial charge in [0, 0.05) is 11.1 Å². The second-order valence-corrected chi connectivity index (χ2v) is 5.26. The van der Waals surface area contributed by atoms with Gasteiger partial charge in [0.05, 0.1) is 11.4 Å². The van der Waals surface area contributed by atoms with E-state index in [4.69, 9.17) is 5.73 Å². The van der Waals surface area contributed by atoms with E-state index < -0.39 is 0 Å². The van der Waals surface area contributed by atoms with Gasteiger partial charge in [-0.05, 0) is 43.9 Å². The number of nitrogens with two attached hydrogens (primary N) is 1. The van der Waals surface area contributed by atoms with Crippen LogP contribution in [0.3, 0.4) is 0 Å². The van der Waals surface area contributed by atoms with E-state index in [0.29, 0.717) is 0 Å². The van der Waals surface area contributed by atoms with Crippen molar-refractivity contribution in [2.45, 2.75) is 26.4 Å². The van der Waals surface area contributed by atoms with Gasteiger partial charge < -0.3 is 16.4 Å². The summed E-state index contributed by atoms with van der Waals surface area (Å²) in [5.74, 6) is 0. The molecule has 0 aliphatic carbocycles. The lowest BCUT2D eigenvalue weighted by atomic mass is 9.97. The number of anilines is 3. The maximum absolute atomic E-state index is 6.19. The molecule has 0 amide bonds. The lowest BCUT2D eigenvalue weighted by Crippen LogP contribution is -2.42. The topological polar surface area (TPSA) is 50.1 Å². The molecular formula is C14H17N3. The molecule has 0 bridgehead atoms. The van der Waals surface area contributed by atoms with Crippen LogP contribution in [0.15, 0.2) is 24.3 Å². The number of nitrogen functional groups attached to an aromatic ring is 1. The first-order valence-electron chi connectivity index (χ1n) is 5.86. The summed E-state index contributed by atoms with van der Waals surface area (Å²) in [5, 5.41) is 9.37. The minimum Gasteiger partial charge on any atom is -0.397 e. The van der Waals surface area contributed by atoms with Crippen LogP contribution in [0.25, 0.3) is 10.8 Å². The first-order chi connectivity index (χ1) is 7.98. The molecule has 0 unspecified atom stereocenters. The van der Waals surface area contributed by atoms with Crippen molar-refractivity contribution in [2.75, 3.05) is 16.4 Å². The summed E-state index contributed by atoms with van der Waals surface area (Å²) in [5.41, 5.74) is 10.2. The van der Waals surface area contributed by atoms with Gasteiger partial charge in [0.2, 0.25) is 0 Å². The minimum absolute atomic E-state index is 0.177. The van der Waals surface area contributed by atoms with Crippen LogP contribution in [0.4, 0.5) is 17.1 Å². The van der Waals surface area contributed by atoms with Gasteiger partial charge in [-0.25, -0.2) is 0 Å². The van der Waals surface area contributed by atoms with Crippen molar-refractivity contribution in [1.29, 1.82) is 0 Å². The third-order valence-corrected chi connectivity index (χ3v) is 3.30. The zero-order valence-corrected chi connectivity index (χ0v) is 10.4. The zero-order valence-electron chi connectivity index (χ0n) is 10.4. The molecule has 17 heavy (non-hydrogen) atoms. The molecular weight excluding hydrogens is 210 g/mol. The second kappa shape index (κ2) is 3.06. The number of hydrogen-bond acceptors (Lipinski definition) is 3. The van der Waals surface area contributed by atoms with Gasteiger partial charge in [-0.2, -0.15) is 0 Å². The fourth-order valence-corrected chi connectivity index (χ4v) is 2.53. The predicted octanol–water partition coefficient (Wildman–Crippen LogP) is 3.30. The van der Waals surface area contributed by atoms with E-state index >= 15 is 0 Å². The van der Waals surface area contributed by atoms with Gasteiger partial charge in [0.25, 0.3) is 0 Å². The second-order valence-electron chi connectivity index (χ2n) is 5.26. The molecule has 0 saturated carbocycles. The predicted molar refractivity (Wildman–Crippen MR) is 74.4 cm³/mol. The van der Waals surface area contributed by atoms with Crippen molar-refractivity contribution in [1.82, 2.24) is 0 Å². The summed E-state index contributed by atoms with van der Waals surface area (Å²) in [6.45, 7) is 6.27. The molecule has 4 N–H and O–H groups in total. The molecule has 0 aromatic heterocycles. The highest BCUT2D eigenvalue weighted by atomic mass is 15.2. The molecule has 2 aromatic rings. The molecule has 88 valence electrons. The molecule has 3 nitrogen and oxygen atoms in total. The Balaban J connectivity index is 2.43. The van der Waals surface area contributed by atoms with E-state index in [2.05, 4.69) is 55.7 Å². The highest BCUT2D eigenvalue weighted by Gasteiger charge is 2.26. The van der Waals surface area contributed by atoms with Crippen LogP contribution in [-0.4, -0.2) is 5.66 Å². The van der Waals surface area contributed by atoms with Gasteiger partial charge in [-0.3, -0.25) is 0 Å². The van der Waals surface area contributed by atoms with Gasteiger partial charge in [0.1, 0.15) is 5.66 Å². The third kappa shape index (κ3) is 1.42. The fraction of sp³-hybridized carbons (Fsp3) is 0.286. The van der Waals surface area contributed by atoms with E-state index in [0.717, 1.165) is 22.6 Å². The molecule has 3 rings (SSSR count). The first-order valence-corrected chi connectivity index (χ1v) is 5.86. The first kappa shape index (κ1) is 10.3. The molecule has 1 heterocycles.